The van der Waals surface area contributed by atoms with Crippen molar-refractivity contribution in [1.29, 1.82) is 0 Å². The van der Waals surface area contributed by atoms with E-state index in [-0.39, 0.29) is 56.0 Å². The molecule has 9 aromatic rings. The van der Waals surface area contributed by atoms with Gasteiger partial charge in [-0.05, 0) is 121 Å². The third kappa shape index (κ3) is 45.7. The van der Waals surface area contributed by atoms with Crippen molar-refractivity contribution in [3.63, 3.8) is 0 Å². The van der Waals surface area contributed by atoms with Crippen molar-refractivity contribution in [3.8, 4) is 22.8 Å². The quantitative estimate of drug-likeness (QED) is 0.103. The van der Waals surface area contributed by atoms with Gasteiger partial charge in [-0.3, -0.25) is 39.9 Å². The fourth-order valence-corrected chi connectivity index (χ4v) is 6.16. The molecular weight excluding hydrogens is 1330 g/mol. The molecule has 0 atom stereocenters. The van der Waals surface area contributed by atoms with Crippen molar-refractivity contribution in [1.82, 2.24) is 39.9 Å². The average molecular weight is 1380 g/mol. The van der Waals surface area contributed by atoms with E-state index in [1.54, 1.807) is 24.8 Å². The minimum Gasteiger partial charge on any atom is -0.412 e. The van der Waals surface area contributed by atoms with Gasteiger partial charge in [-0.2, -0.15) is 0 Å². The number of hydrogen-bond donors (Lipinski definition) is 0. The summed E-state index contributed by atoms with van der Waals surface area (Å²) >= 11 is 0. The van der Waals surface area contributed by atoms with Crippen LogP contribution in [-0.4, -0.2) is 61.8 Å². The first-order chi connectivity index (χ1) is 37.8. The van der Waals surface area contributed by atoms with Crippen LogP contribution in [0.15, 0.2) is 219 Å². The SMILES string of the molecule is O.O.O.O.[Cu+2].[Cu+2].[O-][Cl+3]([O-])([O-])[O-].[O-][Cl+3]([O-])([O-])[O-].[O-][Cl+3]([O-])([O-])[O-].[O-][Cl+3]([O-])([O-])[O-].c1ccc(-c2ccccn2)nc1.c1ccc(-c2ccccn2)nc1.c1ccc(CN(Cc2ccccn2)c2ccc(N(Cc3ccccn3)Cc3ccccn3)cc2)nc1. The van der Waals surface area contributed by atoms with Gasteiger partial charge in [0.15, 0.2) is 0 Å². The summed E-state index contributed by atoms with van der Waals surface area (Å²) in [6.07, 6.45) is 14.4. The van der Waals surface area contributed by atoms with Gasteiger partial charge in [0.05, 0.1) is 71.7 Å². The topological polar surface area (TPSA) is 605 Å². The first kappa shape index (κ1) is 85.9. The molecule has 0 aliphatic heterocycles. The Hall–Kier alpha value is -6.58. The van der Waals surface area contributed by atoms with E-state index in [4.69, 9.17) is 74.5 Å². The molecule has 2 radical (unpaired) electrons. The van der Waals surface area contributed by atoms with Crippen molar-refractivity contribution >= 4 is 11.4 Å². The Bertz CT molecular complexity index is 2590. The molecule has 8 heterocycles. The second kappa shape index (κ2) is 45.7. The number of rotatable bonds is 12. The minimum absolute atomic E-state index is 0. The van der Waals surface area contributed by atoms with Crippen LogP contribution in [0.5, 0.6) is 0 Å². The fourth-order valence-electron chi connectivity index (χ4n) is 6.16. The first-order valence-electron chi connectivity index (χ1n) is 22.1. The number of halogens is 4. The molecular formula is C50H52Cl4Cu2N10O20. The predicted octanol–water partition coefficient (Wildman–Crippen LogP) is -12.4. The second-order valence-corrected chi connectivity index (χ2v) is 17.9. The van der Waals surface area contributed by atoms with E-state index < -0.39 is 41.0 Å². The summed E-state index contributed by atoms with van der Waals surface area (Å²) in [6.45, 7) is 2.79. The molecule has 0 amide bonds. The average Bonchev–Trinajstić information content (AvgIpc) is 3.33. The molecule has 0 fully saturated rings. The van der Waals surface area contributed by atoms with Crippen molar-refractivity contribution < 1.29 is 172 Å². The monoisotopic (exact) mass is 1380 g/mol. The van der Waals surface area contributed by atoms with Crippen LogP contribution in [0, 0.1) is 41.0 Å². The fraction of sp³-hybridized carbons (Fsp3) is 0.0800. The largest absolute Gasteiger partial charge is 2.00 e. The van der Waals surface area contributed by atoms with Crippen LogP contribution in [0.3, 0.4) is 0 Å². The molecule has 36 heteroatoms. The second-order valence-electron chi connectivity index (χ2n) is 14.9. The van der Waals surface area contributed by atoms with Gasteiger partial charge in [0.1, 0.15) is 0 Å². The number of anilines is 2. The maximum absolute atomic E-state index is 8.49. The van der Waals surface area contributed by atoms with Crippen LogP contribution in [0.25, 0.3) is 22.8 Å². The Labute approximate surface area is 520 Å². The van der Waals surface area contributed by atoms with E-state index in [9.17, 15) is 0 Å². The van der Waals surface area contributed by atoms with Gasteiger partial charge in [0, 0.05) is 60.9 Å². The van der Waals surface area contributed by atoms with Gasteiger partial charge in [-0.15, -0.1) is 41.0 Å². The minimum atomic E-state index is -4.94. The molecule has 30 nitrogen and oxygen atoms in total. The molecule has 8 N–H and O–H groups in total. The molecule has 472 valence electrons. The molecule has 86 heavy (non-hydrogen) atoms. The van der Waals surface area contributed by atoms with E-state index in [0.29, 0.717) is 26.2 Å². The summed E-state index contributed by atoms with van der Waals surface area (Å²) in [5, 5.41) is 0. The molecule has 0 bridgehead atoms. The zero-order valence-electron chi connectivity index (χ0n) is 43.7. The van der Waals surface area contributed by atoms with E-state index in [2.05, 4.69) is 98.2 Å². The van der Waals surface area contributed by atoms with Crippen LogP contribution in [0.4, 0.5) is 11.4 Å². The molecule has 0 unspecified atom stereocenters. The van der Waals surface area contributed by atoms with Crippen molar-refractivity contribution in [3.05, 3.63) is 242 Å². The summed E-state index contributed by atoms with van der Waals surface area (Å²) in [5.74, 6) is 0. The van der Waals surface area contributed by atoms with Crippen LogP contribution >= 0.6 is 0 Å². The first-order valence-corrected chi connectivity index (χ1v) is 27.0. The molecule has 0 spiro atoms. The Morgan fingerprint density at radius 3 is 0.512 bits per heavy atom. The zero-order chi connectivity index (χ0) is 58.9. The van der Waals surface area contributed by atoms with E-state index in [1.165, 1.54) is 0 Å². The number of benzene rings is 1. The molecule has 0 aliphatic rings. The maximum Gasteiger partial charge on any atom is 2.00 e. The Balaban J connectivity index is -0.000000553. The number of nitrogens with zero attached hydrogens (tertiary/aromatic N) is 10. The number of hydrogen-bond acceptors (Lipinski definition) is 26. The van der Waals surface area contributed by atoms with Gasteiger partial charge < -0.3 is 31.7 Å². The van der Waals surface area contributed by atoms with Gasteiger partial charge in [0.2, 0.25) is 0 Å². The number of aromatic nitrogens is 8. The Morgan fingerprint density at radius 2 is 0.384 bits per heavy atom. The maximum atomic E-state index is 8.49. The van der Waals surface area contributed by atoms with Crippen molar-refractivity contribution in [2.75, 3.05) is 9.80 Å². The Kier molecular flexibility index (Phi) is 45.6. The third-order valence-corrected chi connectivity index (χ3v) is 9.08. The molecule has 0 saturated carbocycles. The summed E-state index contributed by atoms with van der Waals surface area (Å²) < 4.78 is 136. The van der Waals surface area contributed by atoms with Crippen molar-refractivity contribution in [2.45, 2.75) is 26.2 Å². The summed E-state index contributed by atoms with van der Waals surface area (Å²) in [4.78, 5) is 39.5. The van der Waals surface area contributed by atoms with E-state index in [0.717, 1.165) is 56.9 Å². The van der Waals surface area contributed by atoms with Gasteiger partial charge >= 0.3 is 34.1 Å². The zero-order valence-corrected chi connectivity index (χ0v) is 48.6. The smallest absolute Gasteiger partial charge is 0.412 e. The van der Waals surface area contributed by atoms with Crippen LogP contribution in [-0.2, 0) is 60.3 Å². The predicted molar refractivity (Wildman–Crippen MR) is 253 cm³/mol. The number of pyridine rings is 8. The van der Waals surface area contributed by atoms with Crippen LogP contribution in [0.1, 0.15) is 22.8 Å². The summed E-state index contributed by atoms with van der Waals surface area (Å²) in [7, 11) is -19.8. The molecule has 1 aromatic carbocycles. The molecule has 9 rings (SSSR count). The normalized spacial score (nSPS) is 9.95. The van der Waals surface area contributed by atoms with E-state index >= 15 is 0 Å². The Morgan fingerprint density at radius 1 is 0.233 bits per heavy atom. The van der Waals surface area contributed by atoms with E-state index in [1.807, 2.05) is 146 Å². The third-order valence-electron chi connectivity index (χ3n) is 9.08. The van der Waals surface area contributed by atoms with Crippen LogP contribution in [0.2, 0.25) is 0 Å². The molecule has 8 aromatic heterocycles. The van der Waals surface area contributed by atoms with Gasteiger partial charge in [-0.1, -0.05) is 48.5 Å². The molecule has 0 aliphatic carbocycles. The van der Waals surface area contributed by atoms with Crippen molar-refractivity contribution in [2.24, 2.45) is 0 Å². The van der Waals surface area contributed by atoms with Gasteiger partial charge in [0.25, 0.3) is 0 Å². The van der Waals surface area contributed by atoms with Crippen LogP contribution < -0.4 is 84.3 Å². The standard InChI is InChI=1S/C30H28N6.2C10H8N2.4ClHO4.2Cu.4H2O/c1-5-17-31-25(9-1)21-35(22-26-10-2-6-18-32-26)29-13-15-30(16-14-29)36(23-27-11-3-7-19-33-27)24-28-12-4-8-20-34-28;2*1-3-7-11-9(5-1)10-6-2-4-8-12-10;4*2-1(3,4)5;;;;;;/h1-20H,21-24H2;2*1-8H;4*(H,2,3,4,5);;;4*1H2/q;;;;;;;2*+2;;;;/p-4. The summed E-state index contributed by atoms with van der Waals surface area (Å²) in [5.41, 5.74) is 9.96. The molecule has 0 saturated heterocycles. The van der Waals surface area contributed by atoms with Gasteiger partial charge in [-0.25, -0.2) is 74.5 Å². The summed E-state index contributed by atoms with van der Waals surface area (Å²) in [6, 6.07) is 56.0.